The van der Waals surface area contributed by atoms with Gasteiger partial charge in [-0.05, 0) is 47.8 Å². The first-order chi connectivity index (χ1) is 8.37. The van der Waals surface area contributed by atoms with Gasteiger partial charge in [0, 0.05) is 6.54 Å². The molecule has 1 aliphatic rings. The van der Waals surface area contributed by atoms with Crippen molar-refractivity contribution < 1.29 is 5.11 Å². The van der Waals surface area contributed by atoms with Crippen molar-refractivity contribution in [3.63, 3.8) is 0 Å². The summed E-state index contributed by atoms with van der Waals surface area (Å²) in [4.78, 5) is 0. The molecule has 0 bridgehead atoms. The summed E-state index contributed by atoms with van der Waals surface area (Å²) in [6.07, 6.45) is 4.03. The highest BCUT2D eigenvalue weighted by Gasteiger charge is 2.32. The minimum Gasteiger partial charge on any atom is -0.384 e. The summed E-state index contributed by atoms with van der Waals surface area (Å²) in [5, 5.41) is 10.8. The van der Waals surface area contributed by atoms with Crippen LogP contribution in [0.5, 0.6) is 0 Å². The monoisotopic (exact) mass is 247 g/mol. The summed E-state index contributed by atoms with van der Waals surface area (Å²) >= 11 is 0. The Hall–Kier alpha value is -0.860. The Kier molecular flexibility index (Phi) is 3.52. The van der Waals surface area contributed by atoms with Gasteiger partial charge in [0.1, 0.15) is 5.60 Å². The molecule has 2 heteroatoms. The second-order valence-electron chi connectivity index (χ2n) is 6.56. The molecule has 0 spiro atoms. The predicted molar refractivity (Wildman–Crippen MR) is 75.6 cm³/mol. The van der Waals surface area contributed by atoms with Crippen LogP contribution in [0.3, 0.4) is 0 Å². The summed E-state index contributed by atoms with van der Waals surface area (Å²) in [5.74, 6) is 0. The molecule has 100 valence electrons. The smallest absolute Gasteiger partial charge is 0.102 e. The summed E-state index contributed by atoms with van der Waals surface area (Å²) in [6.45, 7) is 6.92. The Bertz CT molecular complexity index is 433. The molecular formula is C16H25NO. The Balaban J connectivity index is 2.54. The lowest BCUT2D eigenvalue weighted by molar-refractivity contribution is 0.0361. The summed E-state index contributed by atoms with van der Waals surface area (Å²) in [7, 11) is 0. The molecule has 18 heavy (non-hydrogen) atoms. The van der Waals surface area contributed by atoms with Gasteiger partial charge in [-0.2, -0.15) is 0 Å². The maximum absolute atomic E-state index is 10.8. The standard InChI is InChI=1S/C16H25NO/c1-15(2,3)13-8-7-12-6-4-5-9-16(18,11-17)14(12)10-13/h7-8,10,18H,4-6,9,11,17H2,1-3H3. The van der Waals surface area contributed by atoms with Gasteiger partial charge in [-0.15, -0.1) is 0 Å². The number of aliphatic hydroxyl groups is 1. The van der Waals surface area contributed by atoms with Crippen molar-refractivity contribution in [2.75, 3.05) is 6.54 Å². The van der Waals surface area contributed by atoms with Crippen molar-refractivity contribution >= 4 is 0 Å². The van der Waals surface area contributed by atoms with E-state index >= 15 is 0 Å². The third kappa shape index (κ3) is 2.45. The molecule has 1 aromatic carbocycles. The fourth-order valence-electron chi connectivity index (χ4n) is 2.77. The average Bonchev–Trinajstić information content (AvgIpc) is 2.48. The van der Waals surface area contributed by atoms with Gasteiger partial charge in [0.2, 0.25) is 0 Å². The molecule has 1 unspecified atom stereocenters. The van der Waals surface area contributed by atoms with E-state index in [0.29, 0.717) is 6.54 Å². The van der Waals surface area contributed by atoms with Crippen molar-refractivity contribution in [2.45, 2.75) is 57.5 Å². The van der Waals surface area contributed by atoms with Crippen LogP contribution in [0.1, 0.15) is 56.7 Å². The third-order valence-electron chi connectivity index (χ3n) is 4.10. The predicted octanol–water partition coefficient (Wildman–Crippen LogP) is 2.86. The van der Waals surface area contributed by atoms with Gasteiger partial charge in [-0.1, -0.05) is 39.0 Å². The summed E-state index contributed by atoms with van der Waals surface area (Å²) in [5.41, 5.74) is 8.72. The normalized spacial score (nSPS) is 24.5. The average molecular weight is 247 g/mol. The zero-order chi connectivity index (χ0) is 13.4. The van der Waals surface area contributed by atoms with E-state index in [0.717, 1.165) is 31.2 Å². The number of fused-ring (bicyclic) bond motifs is 1. The largest absolute Gasteiger partial charge is 0.384 e. The number of hydrogen-bond acceptors (Lipinski definition) is 2. The van der Waals surface area contributed by atoms with Gasteiger partial charge < -0.3 is 10.8 Å². The lowest BCUT2D eigenvalue weighted by Gasteiger charge is -2.29. The molecular weight excluding hydrogens is 222 g/mol. The Morgan fingerprint density at radius 2 is 2.00 bits per heavy atom. The van der Waals surface area contributed by atoms with Crippen LogP contribution in [-0.2, 0) is 17.4 Å². The molecule has 1 aliphatic carbocycles. The summed E-state index contributed by atoms with van der Waals surface area (Å²) in [6, 6.07) is 6.55. The van der Waals surface area contributed by atoms with E-state index in [1.807, 2.05) is 0 Å². The Labute approximate surface area is 110 Å². The van der Waals surface area contributed by atoms with Crippen molar-refractivity contribution in [1.82, 2.24) is 0 Å². The molecule has 0 aromatic heterocycles. The van der Waals surface area contributed by atoms with E-state index in [4.69, 9.17) is 5.73 Å². The minimum absolute atomic E-state index is 0.108. The quantitative estimate of drug-likeness (QED) is 0.750. The van der Waals surface area contributed by atoms with Crippen molar-refractivity contribution in [3.8, 4) is 0 Å². The van der Waals surface area contributed by atoms with E-state index in [1.54, 1.807) is 0 Å². The van der Waals surface area contributed by atoms with Crippen molar-refractivity contribution in [2.24, 2.45) is 5.73 Å². The van der Waals surface area contributed by atoms with Crippen LogP contribution in [0, 0.1) is 0 Å². The topological polar surface area (TPSA) is 46.2 Å². The van der Waals surface area contributed by atoms with Crippen LogP contribution in [-0.4, -0.2) is 11.7 Å². The molecule has 0 fully saturated rings. The van der Waals surface area contributed by atoms with E-state index in [9.17, 15) is 5.11 Å². The zero-order valence-electron chi connectivity index (χ0n) is 11.8. The molecule has 0 heterocycles. The van der Waals surface area contributed by atoms with Gasteiger partial charge in [-0.25, -0.2) is 0 Å². The van der Waals surface area contributed by atoms with Crippen LogP contribution in [0.25, 0.3) is 0 Å². The van der Waals surface area contributed by atoms with Gasteiger partial charge >= 0.3 is 0 Å². The Morgan fingerprint density at radius 3 is 2.61 bits per heavy atom. The SMILES string of the molecule is CC(C)(C)c1ccc2c(c1)C(O)(CN)CCCC2. The molecule has 0 amide bonds. The highest BCUT2D eigenvalue weighted by atomic mass is 16.3. The van der Waals surface area contributed by atoms with Gasteiger partial charge in [0.15, 0.2) is 0 Å². The Morgan fingerprint density at radius 1 is 1.28 bits per heavy atom. The molecule has 2 rings (SSSR count). The van der Waals surface area contributed by atoms with Crippen molar-refractivity contribution in [1.29, 1.82) is 0 Å². The minimum atomic E-state index is -0.826. The first kappa shape index (κ1) is 13.6. The second-order valence-corrected chi connectivity index (χ2v) is 6.56. The number of benzene rings is 1. The molecule has 0 aliphatic heterocycles. The molecule has 0 radical (unpaired) electrons. The zero-order valence-corrected chi connectivity index (χ0v) is 11.8. The van der Waals surface area contributed by atoms with Crippen LogP contribution in [0.2, 0.25) is 0 Å². The first-order valence-electron chi connectivity index (χ1n) is 6.93. The molecule has 1 aromatic rings. The number of hydrogen-bond donors (Lipinski definition) is 2. The van der Waals surface area contributed by atoms with Gasteiger partial charge in [0.05, 0.1) is 0 Å². The van der Waals surface area contributed by atoms with Crippen LogP contribution >= 0.6 is 0 Å². The molecule has 2 nitrogen and oxygen atoms in total. The highest BCUT2D eigenvalue weighted by Crippen LogP contribution is 2.36. The van der Waals surface area contributed by atoms with E-state index in [-0.39, 0.29) is 5.41 Å². The summed E-state index contributed by atoms with van der Waals surface area (Å²) < 4.78 is 0. The lowest BCUT2D eigenvalue weighted by Crippen LogP contribution is -2.35. The second kappa shape index (κ2) is 4.67. The molecule has 3 N–H and O–H groups in total. The van der Waals surface area contributed by atoms with E-state index < -0.39 is 5.60 Å². The fourth-order valence-corrected chi connectivity index (χ4v) is 2.77. The molecule has 0 saturated carbocycles. The number of rotatable bonds is 1. The van der Waals surface area contributed by atoms with E-state index in [2.05, 4.69) is 39.0 Å². The highest BCUT2D eigenvalue weighted by molar-refractivity contribution is 5.40. The number of nitrogens with two attached hydrogens (primary N) is 1. The van der Waals surface area contributed by atoms with Crippen LogP contribution in [0.15, 0.2) is 18.2 Å². The maximum atomic E-state index is 10.8. The van der Waals surface area contributed by atoms with Crippen LogP contribution in [0.4, 0.5) is 0 Å². The molecule has 0 saturated heterocycles. The third-order valence-corrected chi connectivity index (χ3v) is 4.10. The maximum Gasteiger partial charge on any atom is 0.102 e. The van der Waals surface area contributed by atoms with E-state index in [1.165, 1.54) is 11.1 Å². The molecule has 1 atom stereocenters. The van der Waals surface area contributed by atoms with Crippen LogP contribution < -0.4 is 5.73 Å². The number of aryl methyl sites for hydroxylation is 1. The fraction of sp³-hybridized carbons (Fsp3) is 0.625. The van der Waals surface area contributed by atoms with Crippen molar-refractivity contribution in [3.05, 3.63) is 34.9 Å². The first-order valence-corrected chi connectivity index (χ1v) is 6.93. The van der Waals surface area contributed by atoms with Gasteiger partial charge in [0.25, 0.3) is 0 Å². The van der Waals surface area contributed by atoms with Gasteiger partial charge in [-0.3, -0.25) is 0 Å². The lowest BCUT2D eigenvalue weighted by atomic mass is 9.81.